The van der Waals surface area contributed by atoms with Gasteiger partial charge in [0.15, 0.2) is 11.5 Å². The molecular weight excluding hydrogens is 422 g/mol. The standard InChI is InChI=1S/C22H19NO5S2/c24-30(25,16-8-9-18-19(14-16)27-11-4-10-26-18)23-22(21-7-3-12-29-21)20-13-15-5-1-2-6-17(15)28-20/h1-3,5-9,12-14,22-23H,4,10-11H2/t22-/m1/s1. The number of ether oxygens (including phenoxy) is 2. The third-order valence-electron chi connectivity index (χ3n) is 4.86. The van der Waals surface area contributed by atoms with E-state index in [1.165, 1.54) is 23.5 Å². The summed E-state index contributed by atoms with van der Waals surface area (Å²) in [6.45, 7) is 1.03. The lowest BCUT2D eigenvalue weighted by molar-refractivity contribution is 0.297. The van der Waals surface area contributed by atoms with Gasteiger partial charge in [-0.05, 0) is 35.7 Å². The Balaban J connectivity index is 1.52. The molecule has 1 aliphatic heterocycles. The molecule has 30 heavy (non-hydrogen) atoms. The molecule has 3 heterocycles. The van der Waals surface area contributed by atoms with Crippen molar-refractivity contribution in [2.45, 2.75) is 17.4 Å². The highest BCUT2D eigenvalue weighted by atomic mass is 32.2. The molecule has 1 atom stereocenters. The zero-order chi connectivity index (χ0) is 20.6. The van der Waals surface area contributed by atoms with Crippen molar-refractivity contribution in [3.8, 4) is 11.5 Å². The van der Waals surface area contributed by atoms with Gasteiger partial charge < -0.3 is 13.9 Å². The molecule has 2 aromatic heterocycles. The molecule has 0 unspecified atom stereocenters. The Bertz CT molecular complexity index is 1250. The molecule has 154 valence electrons. The number of hydrogen-bond acceptors (Lipinski definition) is 6. The Hall–Kier alpha value is -2.81. The Labute approximate surface area is 178 Å². The molecule has 0 spiro atoms. The number of hydrogen-bond donors (Lipinski definition) is 1. The Morgan fingerprint density at radius 2 is 1.77 bits per heavy atom. The van der Waals surface area contributed by atoms with Crippen LogP contribution in [-0.2, 0) is 10.0 Å². The number of para-hydroxylation sites is 1. The summed E-state index contributed by atoms with van der Waals surface area (Å²) < 4.78 is 46.5. The van der Waals surface area contributed by atoms with Gasteiger partial charge in [0.2, 0.25) is 10.0 Å². The lowest BCUT2D eigenvalue weighted by Crippen LogP contribution is -2.28. The first-order valence-electron chi connectivity index (χ1n) is 9.54. The predicted octanol–water partition coefficient (Wildman–Crippen LogP) is 4.72. The highest BCUT2D eigenvalue weighted by Crippen LogP contribution is 2.35. The van der Waals surface area contributed by atoms with Crippen LogP contribution in [0.2, 0.25) is 0 Å². The molecule has 0 amide bonds. The van der Waals surface area contributed by atoms with Crippen LogP contribution in [0.25, 0.3) is 11.0 Å². The minimum absolute atomic E-state index is 0.115. The molecule has 0 aliphatic carbocycles. The van der Waals surface area contributed by atoms with Crippen LogP contribution in [0.15, 0.2) is 75.4 Å². The van der Waals surface area contributed by atoms with Crippen molar-refractivity contribution >= 4 is 32.3 Å². The molecule has 6 nitrogen and oxygen atoms in total. The number of thiophene rings is 1. The number of benzene rings is 2. The van der Waals surface area contributed by atoms with Gasteiger partial charge in [-0.15, -0.1) is 11.3 Å². The largest absolute Gasteiger partial charge is 0.490 e. The first-order chi connectivity index (χ1) is 14.6. The average molecular weight is 442 g/mol. The van der Waals surface area contributed by atoms with Crippen LogP contribution in [0.4, 0.5) is 0 Å². The monoisotopic (exact) mass is 441 g/mol. The van der Waals surface area contributed by atoms with Gasteiger partial charge >= 0.3 is 0 Å². The number of rotatable bonds is 5. The molecule has 1 N–H and O–H groups in total. The smallest absolute Gasteiger partial charge is 0.241 e. The van der Waals surface area contributed by atoms with Gasteiger partial charge in [0.05, 0.1) is 18.1 Å². The maximum absolute atomic E-state index is 13.3. The van der Waals surface area contributed by atoms with Gasteiger partial charge in [-0.1, -0.05) is 24.3 Å². The number of furan rings is 1. The molecule has 1 aliphatic rings. The van der Waals surface area contributed by atoms with Gasteiger partial charge in [0.25, 0.3) is 0 Å². The number of fused-ring (bicyclic) bond motifs is 2. The first-order valence-corrected chi connectivity index (χ1v) is 11.9. The summed E-state index contributed by atoms with van der Waals surface area (Å²) in [6, 6.07) is 17.3. The second kappa shape index (κ2) is 7.79. The fraction of sp³-hybridized carbons (Fsp3) is 0.182. The van der Waals surface area contributed by atoms with Gasteiger partial charge in [0, 0.05) is 22.8 Å². The summed E-state index contributed by atoms with van der Waals surface area (Å²) in [7, 11) is -3.86. The third-order valence-corrected chi connectivity index (χ3v) is 7.22. The highest BCUT2D eigenvalue weighted by molar-refractivity contribution is 7.89. The average Bonchev–Trinajstić information content (AvgIpc) is 3.37. The molecule has 8 heteroatoms. The summed E-state index contributed by atoms with van der Waals surface area (Å²) in [4.78, 5) is 0.955. The highest BCUT2D eigenvalue weighted by Gasteiger charge is 2.27. The topological polar surface area (TPSA) is 77.8 Å². The summed E-state index contributed by atoms with van der Waals surface area (Å²) in [5.74, 6) is 1.53. The Morgan fingerprint density at radius 3 is 2.57 bits per heavy atom. The van der Waals surface area contributed by atoms with E-state index in [9.17, 15) is 8.42 Å². The lowest BCUT2D eigenvalue weighted by atomic mass is 10.2. The van der Waals surface area contributed by atoms with E-state index >= 15 is 0 Å². The van der Waals surface area contributed by atoms with E-state index in [0.717, 1.165) is 16.7 Å². The van der Waals surface area contributed by atoms with Crippen molar-refractivity contribution in [1.29, 1.82) is 0 Å². The molecule has 4 aromatic rings. The van der Waals surface area contributed by atoms with Crippen LogP contribution in [0.5, 0.6) is 11.5 Å². The maximum Gasteiger partial charge on any atom is 0.241 e. The predicted molar refractivity (Wildman–Crippen MR) is 115 cm³/mol. The molecule has 5 rings (SSSR count). The van der Waals surface area contributed by atoms with Crippen molar-refractivity contribution in [1.82, 2.24) is 4.72 Å². The van der Waals surface area contributed by atoms with Gasteiger partial charge in [-0.3, -0.25) is 0 Å². The van der Waals surface area contributed by atoms with Gasteiger partial charge in [-0.25, -0.2) is 8.42 Å². The molecular formula is C22H19NO5S2. The van der Waals surface area contributed by atoms with Crippen LogP contribution in [0.3, 0.4) is 0 Å². The van der Waals surface area contributed by atoms with Crippen molar-refractivity contribution in [3.05, 3.63) is 76.7 Å². The molecule has 0 fully saturated rings. The summed E-state index contributed by atoms with van der Waals surface area (Å²) in [5.41, 5.74) is 0.712. The summed E-state index contributed by atoms with van der Waals surface area (Å²) in [6.07, 6.45) is 0.752. The quantitative estimate of drug-likeness (QED) is 0.485. The van der Waals surface area contributed by atoms with Crippen LogP contribution < -0.4 is 14.2 Å². The van der Waals surface area contributed by atoms with Crippen LogP contribution in [0, 0.1) is 0 Å². The van der Waals surface area contributed by atoms with Crippen LogP contribution in [0.1, 0.15) is 23.1 Å². The Kier molecular flexibility index (Phi) is 4.98. The van der Waals surface area contributed by atoms with E-state index in [-0.39, 0.29) is 4.90 Å². The van der Waals surface area contributed by atoms with Crippen LogP contribution in [-0.4, -0.2) is 21.6 Å². The summed E-state index contributed by atoms with van der Waals surface area (Å²) >= 11 is 1.47. The second-order valence-corrected chi connectivity index (χ2v) is 9.61. The SMILES string of the molecule is O=S(=O)(N[C@H](c1cc2ccccc2o1)c1cccs1)c1ccc2c(c1)OCCCO2. The van der Waals surface area contributed by atoms with E-state index in [1.807, 2.05) is 47.8 Å². The first kappa shape index (κ1) is 19.2. The Morgan fingerprint density at radius 1 is 0.933 bits per heavy atom. The fourth-order valence-corrected chi connectivity index (χ4v) is 5.45. The zero-order valence-electron chi connectivity index (χ0n) is 15.9. The minimum Gasteiger partial charge on any atom is -0.490 e. The molecule has 0 bridgehead atoms. The second-order valence-electron chi connectivity index (χ2n) is 6.92. The zero-order valence-corrected chi connectivity index (χ0v) is 17.5. The van der Waals surface area contributed by atoms with E-state index in [0.29, 0.717) is 36.1 Å². The van der Waals surface area contributed by atoms with Crippen molar-refractivity contribution in [2.24, 2.45) is 0 Å². The summed E-state index contributed by atoms with van der Waals surface area (Å²) in [5, 5.41) is 2.83. The molecule has 2 aromatic carbocycles. The van der Waals surface area contributed by atoms with Crippen molar-refractivity contribution in [2.75, 3.05) is 13.2 Å². The van der Waals surface area contributed by atoms with Gasteiger partial charge in [0.1, 0.15) is 17.4 Å². The van der Waals surface area contributed by atoms with E-state index in [4.69, 9.17) is 13.9 Å². The fourth-order valence-electron chi connectivity index (χ4n) is 3.39. The van der Waals surface area contributed by atoms with E-state index in [2.05, 4.69) is 4.72 Å². The minimum atomic E-state index is -3.86. The van der Waals surface area contributed by atoms with E-state index < -0.39 is 16.1 Å². The number of nitrogens with one attached hydrogen (secondary N) is 1. The maximum atomic E-state index is 13.3. The number of sulfonamides is 1. The normalized spacial score (nSPS) is 15.1. The molecule has 0 saturated carbocycles. The van der Waals surface area contributed by atoms with Gasteiger partial charge in [-0.2, -0.15) is 4.72 Å². The van der Waals surface area contributed by atoms with E-state index in [1.54, 1.807) is 6.07 Å². The molecule has 0 radical (unpaired) electrons. The molecule has 0 saturated heterocycles. The van der Waals surface area contributed by atoms with Crippen LogP contribution >= 0.6 is 11.3 Å². The van der Waals surface area contributed by atoms with Crippen molar-refractivity contribution in [3.63, 3.8) is 0 Å². The van der Waals surface area contributed by atoms with Crippen molar-refractivity contribution < 1.29 is 22.3 Å². The lowest BCUT2D eigenvalue weighted by Gasteiger charge is -2.16. The third kappa shape index (κ3) is 3.69.